The molecule has 0 bridgehead atoms. The molecule has 12 heteroatoms. The Morgan fingerprint density at radius 3 is 1.23 bits per heavy atom. The van der Waals surface area contributed by atoms with Crippen molar-refractivity contribution in [2.24, 2.45) is 0 Å². The molecule has 11 nitrogen and oxygen atoms in total. The molecule has 0 aliphatic carbocycles. The summed E-state index contributed by atoms with van der Waals surface area (Å²) in [6.07, 6.45) is 51.7. The van der Waals surface area contributed by atoms with Crippen molar-refractivity contribution in [3.8, 4) is 0 Å². The molecular formula is C54H93O11P. The molecule has 0 amide bonds. The van der Waals surface area contributed by atoms with E-state index in [0.29, 0.717) is 19.3 Å². The van der Waals surface area contributed by atoms with Crippen molar-refractivity contribution in [2.45, 2.75) is 226 Å². The first-order valence-electron chi connectivity index (χ1n) is 25.8. The summed E-state index contributed by atoms with van der Waals surface area (Å²) in [7, 11) is -4.75. The molecular weight excluding hydrogens is 856 g/mol. The Hall–Kier alpha value is -3.08. The second-order valence-electron chi connectivity index (χ2n) is 16.9. The number of esters is 3. The Kier molecular flexibility index (Phi) is 46.1. The summed E-state index contributed by atoms with van der Waals surface area (Å²) in [5, 5.41) is 9.74. The summed E-state index contributed by atoms with van der Waals surface area (Å²) in [5.74, 6) is -1.52. The maximum atomic E-state index is 12.8. The van der Waals surface area contributed by atoms with Crippen LogP contribution in [0.3, 0.4) is 0 Å². The van der Waals surface area contributed by atoms with Gasteiger partial charge in [-0.25, -0.2) is 4.57 Å². The molecule has 66 heavy (non-hydrogen) atoms. The third-order valence-electron chi connectivity index (χ3n) is 10.6. The molecule has 0 saturated heterocycles. The van der Waals surface area contributed by atoms with Crippen molar-refractivity contribution in [3.63, 3.8) is 0 Å². The van der Waals surface area contributed by atoms with Crippen LogP contribution in [-0.4, -0.2) is 66.5 Å². The van der Waals surface area contributed by atoms with E-state index >= 15 is 0 Å². The lowest BCUT2D eigenvalue weighted by Gasteiger charge is -2.21. The Labute approximate surface area is 401 Å². The van der Waals surface area contributed by atoms with Gasteiger partial charge in [-0.05, 0) is 83.5 Å². The van der Waals surface area contributed by atoms with Crippen LogP contribution >= 0.6 is 7.82 Å². The van der Waals surface area contributed by atoms with Gasteiger partial charge in [-0.2, -0.15) is 0 Å². The van der Waals surface area contributed by atoms with E-state index in [1.165, 1.54) is 38.5 Å². The highest BCUT2D eigenvalue weighted by Crippen LogP contribution is 2.43. The number of unbranched alkanes of at least 4 members (excludes halogenated alkanes) is 18. The van der Waals surface area contributed by atoms with Gasteiger partial charge in [-0.15, -0.1) is 0 Å². The maximum Gasteiger partial charge on any atom is 0.472 e. The van der Waals surface area contributed by atoms with Gasteiger partial charge in [0.1, 0.15) is 12.7 Å². The minimum atomic E-state index is -4.75. The third kappa shape index (κ3) is 46.0. The van der Waals surface area contributed by atoms with Crippen LogP contribution in [0.5, 0.6) is 0 Å². The fourth-order valence-corrected chi connectivity index (χ4v) is 7.52. The quantitative estimate of drug-likeness (QED) is 0.0197. The van der Waals surface area contributed by atoms with Gasteiger partial charge in [0, 0.05) is 19.3 Å². The van der Waals surface area contributed by atoms with E-state index in [-0.39, 0.29) is 25.9 Å². The molecule has 0 aromatic heterocycles. The fourth-order valence-electron chi connectivity index (χ4n) is 6.74. The molecule has 0 aliphatic heterocycles. The minimum absolute atomic E-state index is 0.148. The zero-order valence-electron chi connectivity index (χ0n) is 41.6. The van der Waals surface area contributed by atoms with Crippen molar-refractivity contribution >= 4 is 25.7 Å². The number of carbonyl (C=O) groups excluding carboxylic acids is 3. The lowest BCUT2D eigenvalue weighted by molar-refractivity contribution is -0.161. The third-order valence-corrected chi connectivity index (χ3v) is 11.6. The SMILES string of the molecule is CC/C=C\C/C=C\C/C=C\CCCCCCCCCC(=O)OC(COC(=O)CCCCC/C=C\C/C=C\C/C=C\CC)COP(=O)(O)OCC(CO)OC(=O)CCCCCCCCCCC. The molecule has 0 aliphatic rings. The minimum Gasteiger partial charge on any atom is -0.462 e. The smallest absolute Gasteiger partial charge is 0.462 e. The van der Waals surface area contributed by atoms with Gasteiger partial charge >= 0.3 is 25.7 Å². The second-order valence-corrected chi connectivity index (χ2v) is 18.4. The van der Waals surface area contributed by atoms with Gasteiger partial charge in [0.2, 0.25) is 0 Å². The van der Waals surface area contributed by atoms with E-state index < -0.39 is 57.8 Å². The van der Waals surface area contributed by atoms with Crippen molar-refractivity contribution < 1.29 is 52.2 Å². The van der Waals surface area contributed by atoms with Crippen LogP contribution < -0.4 is 0 Å². The van der Waals surface area contributed by atoms with Crippen LogP contribution in [0.15, 0.2) is 72.9 Å². The number of carbonyl (C=O) groups is 3. The van der Waals surface area contributed by atoms with Gasteiger partial charge in [-0.3, -0.25) is 23.4 Å². The number of hydrogen-bond acceptors (Lipinski definition) is 10. The fraction of sp³-hybridized carbons (Fsp3) is 0.722. The topological polar surface area (TPSA) is 155 Å². The van der Waals surface area contributed by atoms with Crippen LogP contribution in [-0.2, 0) is 42.2 Å². The monoisotopic (exact) mass is 949 g/mol. The van der Waals surface area contributed by atoms with Gasteiger partial charge in [0.25, 0.3) is 0 Å². The highest BCUT2D eigenvalue weighted by molar-refractivity contribution is 7.47. The van der Waals surface area contributed by atoms with Crippen LogP contribution in [0.2, 0.25) is 0 Å². The van der Waals surface area contributed by atoms with E-state index in [2.05, 4.69) is 93.7 Å². The number of allylic oxidation sites excluding steroid dienone is 12. The first-order chi connectivity index (χ1) is 32.2. The molecule has 2 N–H and O–H groups in total. The zero-order chi connectivity index (χ0) is 48.4. The Balaban J connectivity index is 4.80. The standard InChI is InChI=1S/C54H93O11P/c1-4-7-10-13-16-19-21-23-24-25-26-28-30-33-36-39-42-45-54(58)65-51(47-61-52(56)43-40-37-34-32-29-27-22-20-17-14-11-8-5-2)49-63-66(59,60)62-48-50(46-55)64-53(57)44-41-38-35-31-18-15-12-9-6-3/h7-8,10-11,16-17,19-20,23-24,27,29,50-51,55H,4-6,9,12-15,18,21-22,25-26,28,30-49H2,1-3H3,(H,59,60)/b10-7-,11-8-,19-16-,20-17-,24-23-,29-27-. The van der Waals surface area contributed by atoms with Crippen molar-refractivity contribution in [1.82, 2.24) is 0 Å². The largest absolute Gasteiger partial charge is 0.472 e. The molecule has 0 aromatic carbocycles. The van der Waals surface area contributed by atoms with E-state index in [1.807, 2.05) is 0 Å². The number of aliphatic hydroxyl groups excluding tert-OH is 1. The summed E-state index contributed by atoms with van der Waals surface area (Å²) in [4.78, 5) is 48.2. The van der Waals surface area contributed by atoms with E-state index in [1.54, 1.807) is 0 Å². The van der Waals surface area contributed by atoms with Crippen LogP contribution in [0.25, 0.3) is 0 Å². The molecule has 0 rings (SSSR count). The molecule has 3 atom stereocenters. The van der Waals surface area contributed by atoms with Crippen LogP contribution in [0.1, 0.15) is 213 Å². The Morgan fingerprint density at radius 1 is 0.439 bits per heavy atom. The molecule has 0 fully saturated rings. The molecule has 0 aromatic rings. The summed E-state index contributed by atoms with van der Waals surface area (Å²) in [6, 6.07) is 0. The highest BCUT2D eigenvalue weighted by Gasteiger charge is 2.28. The zero-order valence-corrected chi connectivity index (χ0v) is 42.5. The molecule has 0 saturated carbocycles. The maximum absolute atomic E-state index is 12.8. The number of hydrogen-bond donors (Lipinski definition) is 2. The highest BCUT2D eigenvalue weighted by atomic mass is 31.2. The lowest BCUT2D eigenvalue weighted by Crippen LogP contribution is -2.30. The Morgan fingerprint density at radius 2 is 0.788 bits per heavy atom. The van der Waals surface area contributed by atoms with Crippen LogP contribution in [0.4, 0.5) is 0 Å². The molecule has 0 spiro atoms. The van der Waals surface area contributed by atoms with E-state index in [0.717, 1.165) is 116 Å². The van der Waals surface area contributed by atoms with Gasteiger partial charge in [-0.1, -0.05) is 184 Å². The number of phosphoric acid groups is 1. The van der Waals surface area contributed by atoms with Gasteiger partial charge < -0.3 is 24.2 Å². The summed E-state index contributed by atoms with van der Waals surface area (Å²) >= 11 is 0. The number of phosphoric ester groups is 1. The number of rotatable bonds is 47. The molecule has 3 unspecified atom stereocenters. The van der Waals surface area contributed by atoms with Gasteiger partial charge in [0.05, 0.1) is 19.8 Å². The molecule has 0 radical (unpaired) electrons. The number of ether oxygens (including phenoxy) is 3. The average molecular weight is 949 g/mol. The normalized spacial score (nSPS) is 14.1. The van der Waals surface area contributed by atoms with E-state index in [9.17, 15) is 28.9 Å². The van der Waals surface area contributed by atoms with Gasteiger partial charge in [0.15, 0.2) is 6.10 Å². The lowest BCUT2D eigenvalue weighted by atomic mass is 10.1. The number of aliphatic hydroxyl groups is 1. The van der Waals surface area contributed by atoms with Crippen molar-refractivity contribution in [1.29, 1.82) is 0 Å². The predicted molar refractivity (Wildman–Crippen MR) is 270 cm³/mol. The van der Waals surface area contributed by atoms with Crippen molar-refractivity contribution in [2.75, 3.05) is 26.4 Å². The van der Waals surface area contributed by atoms with E-state index in [4.69, 9.17) is 23.3 Å². The molecule has 380 valence electrons. The van der Waals surface area contributed by atoms with Crippen LogP contribution in [0, 0.1) is 0 Å². The summed E-state index contributed by atoms with van der Waals surface area (Å²) in [6.45, 7) is 4.33. The first-order valence-corrected chi connectivity index (χ1v) is 27.3. The first kappa shape index (κ1) is 62.9. The Bertz CT molecular complexity index is 1390. The summed E-state index contributed by atoms with van der Waals surface area (Å²) in [5.41, 5.74) is 0. The average Bonchev–Trinajstić information content (AvgIpc) is 3.30. The molecule has 0 heterocycles. The second kappa shape index (κ2) is 48.4. The summed E-state index contributed by atoms with van der Waals surface area (Å²) < 4.78 is 39.3. The van der Waals surface area contributed by atoms with Crippen molar-refractivity contribution in [3.05, 3.63) is 72.9 Å². The predicted octanol–water partition coefficient (Wildman–Crippen LogP) is 14.6.